The van der Waals surface area contributed by atoms with E-state index in [0.29, 0.717) is 11.8 Å². The highest BCUT2D eigenvalue weighted by atomic mass is 31.2. The predicted molar refractivity (Wildman–Crippen MR) is 83.0 cm³/mol. The third-order valence-electron chi connectivity index (χ3n) is 2.98. The van der Waals surface area contributed by atoms with Gasteiger partial charge in [-0.25, -0.2) is 4.57 Å². The number of halogens is 1. The minimum atomic E-state index is -4.38. The van der Waals surface area contributed by atoms with E-state index in [1.54, 1.807) is 13.1 Å². The molecule has 0 aliphatic heterocycles. The van der Waals surface area contributed by atoms with Gasteiger partial charge < -0.3 is 8.43 Å². The van der Waals surface area contributed by atoms with Crippen LogP contribution in [0.2, 0.25) is 32.2 Å². The first-order valence-corrected chi connectivity index (χ1v) is 14.0. The molecular formula is C12H24FO3PSi2. The van der Waals surface area contributed by atoms with Crippen LogP contribution in [-0.2, 0) is 13.0 Å². The van der Waals surface area contributed by atoms with E-state index in [2.05, 4.69) is 19.1 Å². The number of hydrogen-bond donors (Lipinski definition) is 0. The molecule has 0 aromatic carbocycles. The summed E-state index contributed by atoms with van der Waals surface area (Å²) in [4.78, 5) is 0. The van der Waals surface area contributed by atoms with Crippen molar-refractivity contribution in [1.29, 1.82) is 0 Å². The maximum atomic E-state index is 13.8. The highest BCUT2D eigenvalue weighted by Gasteiger charge is 2.38. The quantitative estimate of drug-likeness (QED) is 0.527. The largest absolute Gasteiger partial charge is 0.493 e. The van der Waals surface area contributed by atoms with Crippen LogP contribution < -0.4 is 0 Å². The molecule has 0 heterocycles. The molecule has 0 aromatic rings. The molecule has 1 aliphatic rings. The molecule has 0 fully saturated rings. The van der Waals surface area contributed by atoms with Gasteiger partial charge in [0.15, 0.2) is 9.04 Å². The summed E-state index contributed by atoms with van der Waals surface area (Å²) in [6, 6.07) is 0.742. The van der Waals surface area contributed by atoms with Crippen molar-refractivity contribution in [1.82, 2.24) is 0 Å². The van der Waals surface area contributed by atoms with Gasteiger partial charge in [0.1, 0.15) is 0 Å². The van der Waals surface area contributed by atoms with Gasteiger partial charge in [-0.3, -0.25) is 0 Å². The number of rotatable bonds is 6. The summed E-state index contributed by atoms with van der Waals surface area (Å²) in [5, 5.41) is 0. The van der Waals surface area contributed by atoms with Crippen LogP contribution in [0.4, 0.5) is 4.20 Å². The van der Waals surface area contributed by atoms with Crippen molar-refractivity contribution in [3.63, 3.8) is 0 Å². The van der Waals surface area contributed by atoms with Gasteiger partial charge in [0.2, 0.25) is 8.32 Å². The fraction of sp³-hybridized carbons (Fsp3) is 0.667. The Kier molecular flexibility index (Phi) is 5.95. The lowest BCUT2D eigenvalue weighted by molar-refractivity contribution is 0.334. The summed E-state index contributed by atoms with van der Waals surface area (Å²) in [5.41, 5.74) is 0. The van der Waals surface area contributed by atoms with Crippen LogP contribution in [0.1, 0.15) is 6.92 Å². The van der Waals surface area contributed by atoms with Crippen LogP contribution >= 0.6 is 7.91 Å². The zero-order valence-electron chi connectivity index (χ0n) is 12.3. The van der Waals surface area contributed by atoms with E-state index in [4.69, 9.17) is 8.43 Å². The second-order valence-electron chi connectivity index (χ2n) is 5.93. The smallest absolute Gasteiger partial charge is 0.331 e. The average molecular weight is 322 g/mol. The van der Waals surface area contributed by atoms with Crippen molar-refractivity contribution < 1.29 is 17.2 Å². The van der Waals surface area contributed by atoms with Gasteiger partial charge in [-0.15, -0.1) is 4.20 Å². The Bertz CT molecular complexity index is 410. The molecule has 1 aliphatic carbocycles. The highest BCUT2D eigenvalue weighted by Crippen LogP contribution is 2.53. The zero-order chi connectivity index (χ0) is 14.7. The molecule has 0 radical (unpaired) electrons. The van der Waals surface area contributed by atoms with E-state index in [-0.39, 0.29) is 0 Å². The SMILES string of the molecule is CC1C=CC=CC1C[Si](C)(C)OP(=O)(F)O[SiH](C)C. The topological polar surface area (TPSA) is 35.5 Å². The minimum Gasteiger partial charge on any atom is -0.331 e. The monoisotopic (exact) mass is 322 g/mol. The predicted octanol–water partition coefficient (Wildman–Crippen LogP) is 4.66. The lowest BCUT2D eigenvalue weighted by Gasteiger charge is -2.30. The van der Waals surface area contributed by atoms with Crippen LogP contribution in [0.3, 0.4) is 0 Å². The summed E-state index contributed by atoms with van der Waals surface area (Å²) < 4.78 is 35.7. The summed E-state index contributed by atoms with van der Waals surface area (Å²) in [6.45, 7) is 9.47. The summed E-state index contributed by atoms with van der Waals surface area (Å²) >= 11 is 0. The van der Waals surface area contributed by atoms with E-state index in [1.807, 2.05) is 25.2 Å². The van der Waals surface area contributed by atoms with Gasteiger partial charge in [0.05, 0.1) is 0 Å². The normalized spacial score (nSPS) is 26.7. The van der Waals surface area contributed by atoms with Gasteiger partial charge >= 0.3 is 7.91 Å². The van der Waals surface area contributed by atoms with Crippen molar-refractivity contribution in [3.05, 3.63) is 24.3 Å². The van der Waals surface area contributed by atoms with Crippen LogP contribution in [0, 0.1) is 11.8 Å². The van der Waals surface area contributed by atoms with E-state index >= 15 is 0 Å². The number of allylic oxidation sites excluding steroid dienone is 4. The van der Waals surface area contributed by atoms with Crippen LogP contribution in [0.15, 0.2) is 24.3 Å². The van der Waals surface area contributed by atoms with Crippen LogP contribution in [0.5, 0.6) is 0 Å². The second-order valence-corrected chi connectivity index (χ2v) is 14.4. The molecule has 0 saturated heterocycles. The van der Waals surface area contributed by atoms with Crippen LogP contribution in [0.25, 0.3) is 0 Å². The molecule has 0 saturated carbocycles. The van der Waals surface area contributed by atoms with E-state index < -0.39 is 25.3 Å². The molecule has 3 atom stereocenters. The molecule has 3 nitrogen and oxygen atoms in total. The molecule has 0 aromatic heterocycles. The summed E-state index contributed by atoms with van der Waals surface area (Å²) in [7, 11) is -8.45. The van der Waals surface area contributed by atoms with E-state index in [9.17, 15) is 8.76 Å². The Morgan fingerprint density at radius 2 is 1.89 bits per heavy atom. The molecular weight excluding hydrogens is 298 g/mol. The molecule has 19 heavy (non-hydrogen) atoms. The molecule has 0 bridgehead atoms. The summed E-state index contributed by atoms with van der Waals surface area (Å²) in [6.07, 6.45) is 8.26. The van der Waals surface area contributed by atoms with Crippen LogP contribution in [-0.4, -0.2) is 17.4 Å². The van der Waals surface area contributed by atoms with Gasteiger partial charge in [-0.05, 0) is 44.1 Å². The Labute approximate surface area is 118 Å². The molecule has 3 unspecified atom stereocenters. The standard InChI is InChI=1S/C12H24FO3PSi2/c1-11-8-6-7-9-12(11)10-19(4,5)16-17(13,14)15-18(2)3/h6-9,11-12,18H,10H2,1-5H3. The van der Waals surface area contributed by atoms with E-state index in [0.717, 1.165) is 6.04 Å². The molecule has 0 amide bonds. The molecule has 110 valence electrons. The van der Waals surface area contributed by atoms with Gasteiger partial charge in [0.25, 0.3) is 0 Å². The average Bonchev–Trinajstić information content (AvgIpc) is 2.16. The van der Waals surface area contributed by atoms with Crippen molar-refractivity contribution in [2.45, 2.75) is 39.2 Å². The maximum Gasteiger partial charge on any atom is 0.493 e. The first kappa shape index (κ1) is 17.0. The Balaban J connectivity index is 2.63. The first-order valence-electron chi connectivity index (χ1n) is 6.65. The third kappa shape index (κ3) is 6.32. The fourth-order valence-corrected chi connectivity index (χ4v) is 9.07. The fourth-order valence-electron chi connectivity index (χ4n) is 2.19. The Morgan fingerprint density at radius 1 is 1.32 bits per heavy atom. The van der Waals surface area contributed by atoms with Gasteiger partial charge in [0, 0.05) is 0 Å². The van der Waals surface area contributed by atoms with Crippen molar-refractivity contribution in [2.75, 3.05) is 0 Å². The van der Waals surface area contributed by atoms with Crippen molar-refractivity contribution in [2.24, 2.45) is 11.8 Å². The minimum absolute atomic E-state index is 0.322. The zero-order valence-corrected chi connectivity index (χ0v) is 15.3. The lowest BCUT2D eigenvalue weighted by Crippen LogP contribution is -2.33. The van der Waals surface area contributed by atoms with Gasteiger partial charge in [-0.1, -0.05) is 31.2 Å². The second kappa shape index (κ2) is 6.63. The highest BCUT2D eigenvalue weighted by molar-refractivity contribution is 7.51. The summed E-state index contributed by atoms with van der Waals surface area (Å²) in [5.74, 6) is 0.725. The Morgan fingerprint density at radius 3 is 2.42 bits per heavy atom. The first-order chi connectivity index (χ1) is 8.61. The van der Waals surface area contributed by atoms with Crippen molar-refractivity contribution >= 4 is 25.3 Å². The van der Waals surface area contributed by atoms with Crippen molar-refractivity contribution in [3.8, 4) is 0 Å². The third-order valence-corrected chi connectivity index (χ3v) is 9.98. The molecule has 0 spiro atoms. The van der Waals surface area contributed by atoms with Gasteiger partial charge in [-0.2, -0.15) is 0 Å². The lowest BCUT2D eigenvalue weighted by atomic mass is 9.92. The molecule has 1 rings (SSSR count). The van der Waals surface area contributed by atoms with E-state index in [1.165, 1.54) is 0 Å². The molecule has 7 heteroatoms. The maximum absolute atomic E-state index is 13.8. The molecule has 0 N–H and O–H groups in total. The Hall–Kier alpha value is -0.00623. The number of hydrogen-bond acceptors (Lipinski definition) is 3.